The molecule has 0 unspecified atom stereocenters. The van der Waals surface area contributed by atoms with Gasteiger partial charge in [0.05, 0.1) is 19.0 Å². The van der Waals surface area contributed by atoms with Gasteiger partial charge < -0.3 is 9.14 Å². The number of hydrogen-bond acceptors (Lipinski definition) is 3. The predicted molar refractivity (Wildman–Crippen MR) is 84.8 cm³/mol. The van der Waals surface area contributed by atoms with Crippen LogP contribution < -0.4 is 4.74 Å². The molecule has 0 atom stereocenters. The SMILES string of the molecule is COc1ccc(-c2[nH]ncc2-c2ccc3nccn3c2)cc1. The largest absolute Gasteiger partial charge is 0.497 e. The molecule has 0 spiro atoms. The van der Waals surface area contributed by atoms with Crippen LogP contribution in [0.4, 0.5) is 0 Å². The highest BCUT2D eigenvalue weighted by Gasteiger charge is 2.10. The van der Waals surface area contributed by atoms with Gasteiger partial charge in [-0.15, -0.1) is 0 Å². The molecule has 1 N–H and O–H groups in total. The molecule has 4 aromatic rings. The van der Waals surface area contributed by atoms with E-state index in [1.165, 1.54) is 0 Å². The molecule has 5 heteroatoms. The highest BCUT2D eigenvalue weighted by molar-refractivity contribution is 5.80. The van der Waals surface area contributed by atoms with E-state index in [0.717, 1.165) is 33.8 Å². The van der Waals surface area contributed by atoms with Crippen LogP contribution in [0.2, 0.25) is 0 Å². The molecule has 108 valence electrons. The van der Waals surface area contributed by atoms with Gasteiger partial charge in [0.25, 0.3) is 0 Å². The molecule has 3 heterocycles. The predicted octanol–water partition coefficient (Wildman–Crippen LogP) is 3.40. The number of nitrogens with one attached hydrogen (secondary N) is 1. The molecule has 3 aromatic heterocycles. The van der Waals surface area contributed by atoms with Crippen molar-refractivity contribution in [1.82, 2.24) is 19.6 Å². The number of pyridine rings is 1. The average molecular weight is 290 g/mol. The van der Waals surface area contributed by atoms with E-state index >= 15 is 0 Å². The Kier molecular flexibility index (Phi) is 2.89. The number of ether oxygens (including phenoxy) is 1. The Labute approximate surface area is 127 Å². The minimum Gasteiger partial charge on any atom is -0.497 e. The first-order valence-corrected chi connectivity index (χ1v) is 6.96. The van der Waals surface area contributed by atoms with Gasteiger partial charge in [-0.2, -0.15) is 5.10 Å². The summed E-state index contributed by atoms with van der Waals surface area (Å²) >= 11 is 0. The fraction of sp³-hybridized carbons (Fsp3) is 0.0588. The van der Waals surface area contributed by atoms with E-state index in [1.807, 2.05) is 47.1 Å². The number of aromatic nitrogens is 4. The molecule has 0 bridgehead atoms. The number of imidazole rings is 1. The lowest BCUT2D eigenvalue weighted by Crippen LogP contribution is -1.88. The average Bonchev–Trinajstić information content (AvgIpc) is 3.23. The molecule has 1 aromatic carbocycles. The number of hydrogen-bond donors (Lipinski definition) is 1. The normalized spacial score (nSPS) is 11.0. The van der Waals surface area contributed by atoms with Crippen molar-refractivity contribution in [2.24, 2.45) is 0 Å². The lowest BCUT2D eigenvalue weighted by molar-refractivity contribution is 0.415. The van der Waals surface area contributed by atoms with Crippen LogP contribution in [0.1, 0.15) is 0 Å². The van der Waals surface area contributed by atoms with Crippen LogP contribution in [0.25, 0.3) is 28.0 Å². The summed E-state index contributed by atoms with van der Waals surface area (Å²) in [7, 11) is 1.66. The highest BCUT2D eigenvalue weighted by Crippen LogP contribution is 2.31. The first kappa shape index (κ1) is 12.6. The Hall–Kier alpha value is -3.08. The quantitative estimate of drug-likeness (QED) is 0.629. The molecule has 0 aliphatic heterocycles. The summed E-state index contributed by atoms with van der Waals surface area (Å²) in [6.45, 7) is 0. The van der Waals surface area contributed by atoms with Gasteiger partial charge in [0, 0.05) is 35.3 Å². The fourth-order valence-electron chi connectivity index (χ4n) is 2.56. The van der Waals surface area contributed by atoms with Crippen molar-refractivity contribution in [2.75, 3.05) is 7.11 Å². The van der Waals surface area contributed by atoms with Gasteiger partial charge in [-0.05, 0) is 36.4 Å². The molecule has 22 heavy (non-hydrogen) atoms. The van der Waals surface area contributed by atoms with Crippen molar-refractivity contribution in [2.45, 2.75) is 0 Å². The van der Waals surface area contributed by atoms with Crippen molar-refractivity contribution >= 4 is 5.65 Å². The number of aromatic amines is 1. The molecule has 0 aliphatic rings. The number of rotatable bonds is 3. The summed E-state index contributed by atoms with van der Waals surface area (Å²) in [5, 5.41) is 7.29. The number of nitrogens with zero attached hydrogens (tertiary/aromatic N) is 3. The molecule has 0 saturated heterocycles. The summed E-state index contributed by atoms with van der Waals surface area (Å²) in [4.78, 5) is 4.27. The van der Waals surface area contributed by atoms with Crippen LogP contribution in [0, 0.1) is 0 Å². The highest BCUT2D eigenvalue weighted by atomic mass is 16.5. The van der Waals surface area contributed by atoms with Crippen molar-refractivity contribution in [3.8, 4) is 28.1 Å². The second-order valence-electron chi connectivity index (χ2n) is 5.00. The number of benzene rings is 1. The Morgan fingerprint density at radius 3 is 2.68 bits per heavy atom. The third-order valence-electron chi connectivity index (χ3n) is 3.72. The summed E-state index contributed by atoms with van der Waals surface area (Å²) in [6, 6.07) is 12.0. The molecular formula is C17H14N4O. The fourth-order valence-corrected chi connectivity index (χ4v) is 2.56. The standard InChI is InChI=1S/C17H14N4O/c1-22-14-5-2-12(3-6-14)17-15(10-19-20-17)13-4-7-16-18-8-9-21(16)11-13/h2-11H,1H3,(H,19,20). The minimum atomic E-state index is 0.838. The number of H-pyrrole nitrogens is 1. The van der Waals surface area contributed by atoms with Gasteiger partial charge in [-0.25, -0.2) is 4.98 Å². The molecule has 0 radical (unpaired) electrons. The van der Waals surface area contributed by atoms with Gasteiger partial charge >= 0.3 is 0 Å². The Morgan fingerprint density at radius 1 is 1.05 bits per heavy atom. The van der Waals surface area contributed by atoms with Crippen molar-refractivity contribution in [3.05, 3.63) is 61.2 Å². The molecule has 0 aliphatic carbocycles. The molecule has 0 fully saturated rings. The van der Waals surface area contributed by atoms with Crippen molar-refractivity contribution < 1.29 is 4.74 Å². The topological polar surface area (TPSA) is 55.2 Å². The third-order valence-corrected chi connectivity index (χ3v) is 3.72. The van der Waals surface area contributed by atoms with E-state index in [2.05, 4.69) is 27.4 Å². The number of fused-ring (bicyclic) bond motifs is 1. The Balaban J connectivity index is 1.81. The van der Waals surface area contributed by atoms with E-state index in [0.29, 0.717) is 0 Å². The molecule has 5 nitrogen and oxygen atoms in total. The van der Waals surface area contributed by atoms with Crippen LogP contribution in [0.15, 0.2) is 61.2 Å². The van der Waals surface area contributed by atoms with Crippen LogP contribution in [-0.2, 0) is 0 Å². The van der Waals surface area contributed by atoms with E-state index < -0.39 is 0 Å². The van der Waals surface area contributed by atoms with Crippen LogP contribution in [0.5, 0.6) is 5.75 Å². The molecule has 0 amide bonds. The summed E-state index contributed by atoms with van der Waals surface area (Å²) in [6.07, 6.45) is 7.63. The third kappa shape index (κ3) is 2.03. The Bertz CT molecular complexity index is 921. The van der Waals surface area contributed by atoms with Gasteiger partial charge in [0.15, 0.2) is 0 Å². The van der Waals surface area contributed by atoms with Crippen LogP contribution in [-0.4, -0.2) is 26.7 Å². The van der Waals surface area contributed by atoms with Gasteiger partial charge in [0.1, 0.15) is 11.4 Å². The summed E-state index contributed by atoms with van der Waals surface area (Å²) < 4.78 is 7.20. The first-order chi connectivity index (χ1) is 10.8. The van der Waals surface area contributed by atoms with E-state index in [-0.39, 0.29) is 0 Å². The summed E-state index contributed by atoms with van der Waals surface area (Å²) in [5.74, 6) is 0.838. The Morgan fingerprint density at radius 2 is 1.86 bits per heavy atom. The molecule has 4 rings (SSSR count). The zero-order valence-corrected chi connectivity index (χ0v) is 12.0. The molecular weight excluding hydrogens is 276 g/mol. The van der Waals surface area contributed by atoms with Crippen molar-refractivity contribution in [3.63, 3.8) is 0 Å². The van der Waals surface area contributed by atoms with Gasteiger partial charge in [0.2, 0.25) is 0 Å². The minimum absolute atomic E-state index is 0.838. The van der Waals surface area contributed by atoms with E-state index in [4.69, 9.17) is 4.74 Å². The monoisotopic (exact) mass is 290 g/mol. The second-order valence-corrected chi connectivity index (χ2v) is 5.00. The maximum atomic E-state index is 5.20. The lowest BCUT2D eigenvalue weighted by Gasteiger charge is -2.06. The second kappa shape index (κ2) is 5.04. The van der Waals surface area contributed by atoms with E-state index in [1.54, 1.807) is 13.3 Å². The maximum Gasteiger partial charge on any atom is 0.136 e. The summed E-state index contributed by atoms with van der Waals surface area (Å²) in [5.41, 5.74) is 5.13. The number of methoxy groups -OCH3 is 1. The zero-order valence-electron chi connectivity index (χ0n) is 12.0. The lowest BCUT2D eigenvalue weighted by atomic mass is 10.0. The van der Waals surface area contributed by atoms with Gasteiger partial charge in [-0.1, -0.05) is 0 Å². The van der Waals surface area contributed by atoms with Gasteiger partial charge in [-0.3, -0.25) is 5.10 Å². The van der Waals surface area contributed by atoms with Crippen LogP contribution in [0.3, 0.4) is 0 Å². The van der Waals surface area contributed by atoms with Crippen LogP contribution >= 0.6 is 0 Å². The first-order valence-electron chi connectivity index (χ1n) is 6.96. The van der Waals surface area contributed by atoms with E-state index in [9.17, 15) is 0 Å². The smallest absolute Gasteiger partial charge is 0.136 e. The molecule has 0 saturated carbocycles. The maximum absolute atomic E-state index is 5.20. The zero-order chi connectivity index (χ0) is 14.9. The van der Waals surface area contributed by atoms with Crippen molar-refractivity contribution in [1.29, 1.82) is 0 Å².